The monoisotopic (exact) mass is 317 g/mol. The Labute approximate surface area is 138 Å². The van der Waals surface area contributed by atoms with Crippen LogP contribution in [0.5, 0.6) is 0 Å². The lowest BCUT2D eigenvalue weighted by Crippen LogP contribution is -2.35. The maximum absolute atomic E-state index is 9.57. The van der Waals surface area contributed by atoms with Crippen molar-refractivity contribution in [3.8, 4) is 11.8 Å². The minimum absolute atomic E-state index is 0.438. The summed E-state index contributed by atoms with van der Waals surface area (Å²) < 4.78 is 7.36. The molecule has 4 rings (SSSR count). The molecular formula is C18H15N5O. The van der Waals surface area contributed by atoms with Gasteiger partial charge in [0.1, 0.15) is 17.7 Å². The number of benzene rings is 1. The minimum Gasteiger partial charge on any atom is -0.464 e. The van der Waals surface area contributed by atoms with Gasteiger partial charge >= 0.3 is 0 Å². The van der Waals surface area contributed by atoms with E-state index < -0.39 is 6.17 Å². The Morgan fingerprint density at radius 1 is 1.25 bits per heavy atom. The van der Waals surface area contributed by atoms with Crippen LogP contribution in [0.4, 0.5) is 5.82 Å². The van der Waals surface area contributed by atoms with E-state index in [1.165, 1.54) is 0 Å². The Kier molecular flexibility index (Phi) is 3.22. The average Bonchev–Trinajstić information content (AvgIpc) is 3.23. The minimum atomic E-state index is -0.624. The van der Waals surface area contributed by atoms with Gasteiger partial charge in [0.15, 0.2) is 0 Å². The van der Waals surface area contributed by atoms with E-state index in [2.05, 4.69) is 16.5 Å². The standard InChI is InChI=1S/C18H15N5O/c1-11-15-16(14-8-5-9-24-14)13(10-19)17(20)21-18(15)23(22-11)12-6-3-2-4-7-12/h2-9,17,21H,20H2,1H3/t17-/m1/s1. The molecule has 1 aliphatic heterocycles. The fourth-order valence-corrected chi connectivity index (χ4v) is 3.03. The molecule has 0 fully saturated rings. The highest BCUT2D eigenvalue weighted by Gasteiger charge is 2.32. The number of aromatic nitrogens is 2. The van der Waals surface area contributed by atoms with Crippen LogP contribution in [0.3, 0.4) is 0 Å². The van der Waals surface area contributed by atoms with Crippen molar-refractivity contribution < 1.29 is 4.42 Å². The molecule has 1 aliphatic rings. The smallest absolute Gasteiger partial charge is 0.139 e. The first-order chi connectivity index (χ1) is 11.7. The van der Waals surface area contributed by atoms with Gasteiger partial charge in [0.2, 0.25) is 0 Å². The van der Waals surface area contributed by atoms with E-state index in [0.717, 1.165) is 22.8 Å². The number of rotatable bonds is 2. The summed E-state index contributed by atoms with van der Waals surface area (Å²) in [5, 5.41) is 17.4. The normalized spacial score (nSPS) is 16.5. The molecule has 3 aromatic rings. The lowest BCUT2D eigenvalue weighted by molar-refractivity contribution is 0.552. The number of aryl methyl sites for hydroxylation is 1. The third-order valence-electron chi connectivity index (χ3n) is 4.07. The second-order valence-electron chi connectivity index (χ2n) is 5.56. The Morgan fingerprint density at radius 3 is 2.71 bits per heavy atom. The summed E-state index contributed by atoms with van der Waals surface area (Å²) in [5.74, 6) is 1.37. The number of fused-ring (bicyclic) bond motifs is 1. The molecule has 0 saturated heterocycles. The SMILES string of the molecule is Cc1nn(-c2ccccc2)c2c1C(c1ccco1)=C(C#N)[C@H](N)N2. The largest absolute Gasteiger partial charge is 0.464 e. The van der Waals surface area contributed by atoms with Gasteiger partial charge in [-0.1, -0.05) is 18.2 Å². The topological polar surface area (TPSA) is 92.8 Å². The van der Waals surface area contributed by atoms with Crippen molar-refractivity contribution in [3.63, 3.8) is 0 Å². The fraction of sp³-hybridized carbons (Fsp3) is 0.111. The number of nitrogens with one attached hydrogen (secondary N) is 1. The maximum atomic E-state index is 9.57. The van der Waals surface area contributed by atoms with Crippen LogP contribution in [0, 0.1) is 18.3 Å². The first kappa shape index (κ1) is 14.3. The molecule has 0 spiro atoms. The molecule has 118 valence electrons. The molecule has 3 heterocycles. The molecule has 0 amide bonds. The second-order valence-corrected chi connectivity index (χ2v) is 5.56. The van der Waals surface area contributed by atoms with Gasteiger partial charge in [0.25, 0.3) is 0 Å². The van der Waals surface area contributed by atoms with E-state index in [1.807, 2.05) is 48.0 Å². The fourth-order valence-electron chi connectivity index (χ4n) is 3.03. The number of hydrogen-bond acceptors (Lipinski definition) is 5. The van der Waals surface area contributed by atoms with Gasteiger partial charge in [-0.05, 0) is 31.2 Å². The van der Waals surface area contributed by atoms with Gasteiger partial charge in [-0.2, -0.15) is 10.4 Å². The zero-order valence-electron chi connectivity index (χ0n) is 13.0. The zero-order valence-corrected chi connectivity index (χ0v) is 13.0. The number of furan rings is 1. The van der Waals surface area contributed by atoms with Gasteiger partial charge < -0.3 is 15.5 Å². The van der Waals surface area contributed by atoms with Crippen molar-refractivity contribution in [1.82, 2.24) is 9.78 Å². The van der Waals surface area contributed by atoms with Crippen LogP contribution in [0.25, 0.3) is 11.3 Å². The summed E-state index contributed by atoms with van der Waals surface area (Å²) >= 11 is 0. The highest BCUT2D eigenvalue weighted by Crippen LogP contribution is 2.40. The summed E-state index contributed by atoms with van der Waals surface area (Å²) in [6.45, 7) is 1.91. The van der Waals surface area contributed by atoms with Gasteiger partial charge in [-0.3, -0.25) is 0 Å². The number of hydrogen-bond donors (Lipinski definition) is 2. The molecule has 0 radical (unpaired) electrons. The number of nitriles is 1. The molecule has 3 N–H and O–H groups in total. The summed E-state index contributed by atoms with van der Waals surface area (Å²) in [4.78, 5) is 0. The highest BCUT2D eigenvalue weighted by atomic mass is 16.3. The summed E-state index contributed by atoms with van der Waals surface area (Å²) in [7, 11) is 0. The molecule has 24 heavy (non-hydrogen) atoms. The van der Waals surface area contributed by atoms with Crippen LogP contribution in [0.15, 0.2) is 58.7 Å². The Bertz CT molecular complexity index is 961. The van der Waals surface area contributed by atoms with E-state index in [0.29, 0.717) is 16.9 Å². The summed E-state index contributed by atoms with van der Waals surface area (Å²) in [6, 6.07) is 15.6. The molecule has 0 bridgehead atoms. The van der Waals surface area contributed by atoms with Crippen molar-refractivity contribution in [3.05, 3.63) is 71.3 Å². The lowest BCUT2D eigenvalue weighted by atomic mass is 9.93. The number of nitrogens with two attached hydrogens (primary N) is 1. The molecule has 1 aromatic carbocycles. The van der Waals surface area contributed by atoms with Crippen LogP contribution in [0.2, 0.25) is 0 Å². The van der Waals surface area contributed by atoms with Gasteiger partial charge in [-0.15, -0.1) is 0 Å². The third-order valence-corrected chi connectivity index (χ3v) is 4.07. The Hall–Kier alpha value is -3.30. The molecule has 6 nitrogen and oxygen atoms in total. The van der Waals surface area contributed by atoms with E-state index in [9.17, 15) is 5.26 Å². The van der Waals surface area contributed by atoms with Crippen molar-refractivity contribution in [2.45, 2.75) is 13.1 Å². The van der Waals surface area contributed by atoms with Crippen molar-refractivity contribution in [2.75, 3.05) is 5.32 Å². The number of para-hydroxylation sites is 1. The average molecular weight is 317 g/mol. The van der Waals surface area contributed by atoms with Crippen molar-refractivity contribution >= 4 is 11.4 Å². The lowest BCUT2D eigenvalue weighted by Gasteiger charge is -2.24. The first-order valence-electron chi connectivity index (χ1n) is 7.56. The van der Waals surface area contributed by atoms with Gasteiger partial charge in [0, 0.05) is 5.57 Å². The van der Waals surface area contributed by atoms with E-state index >= 15 is 0 Å². The van der Waals surface area contributed by atoms with E-state index in [-0.39, 0.29) is 0 Å². The van der Waals surface area contributed by atoms with Crippen LogP contribution in [-0.2, 0) is 0 Å². The van der Waals surface area contributed by atoms with Gasteiger partial charge in [0.05, 0.1) is 34.9 Å². The first-order valence-corrected chi connectivity index (χ1v) is 7.56. The zero-order chi connectivity index (χ0) is 16.7. The van der Waals surface area contributed by atoms with E-state index in [4.69, 9.17) is 10.2 Å². The van der Waals surface area contributed by atoms with Crippen LogP contribution in [-0.4, -0.2) is 15.9 Å². The maximum Gasteiger partial charge on any atom is 0.139 e. The predicted molar refractivity (Wildman–Crippen MR) is 90.2 cm³/mol. The Morgan fingerprint density at radius 2 is 2.04 bits per heavy atom. The predicted octanol–water partition coefficient (Wildman–Crippen LogP) is 2.81. The quantitative estimate of drug-likeness (QED) is 0.758. The molecule has 1 atom stereocenters. The summed E-state index contributed by atoms with van der Waals surface area (Å²) in [6.07, 6.45) is 0.961. The molecule has 0 aliphatic carbocycles. The second kappa shape index (κ2) is 5.41. The van der Waals surface area contributed by atoms with E-state index in [1.54, 1.807) is 12.3 Å². The number of anilines is 1. The number of nitrogens with zero attached hydrogens (tertiary/aromatic N) is 3. The third kappa shape index (κ3) is 2.03. The van der Waals surface area contributed by atoms with Gasteiger partial charge in [-0.25, -0.2) is 4.68 Å². The van der Waals surface area contributed by atoms with Crippen LogP contribution < -0.4 is 11.1 Å². The Balaban J connectivity index is 2.01. The van der Waals surface area contributed by atoms with Crippen molar-refractivity contribution in [1.29, 1.82) is 5.26 Å². The summed E-state index contributed by atoms with van der Waals surface area (Å²) in [5.41, 5.74) is 9.87. The molecule has 0 saturated carbocycles. The van der Waals surface area contributed by atoms with Crippen LogP contribution in [0.1, 0.15) is 17.0 Å². The highest BCUT2D eigenvalue weighted by molar-refractivity contribution is 5.91. The van der Waals surface area contributed by atoms with Crippen LogP contribution >= 0.6 is 0 Å². The van der Waals surface area contributed by atoms with Crippen molar-refractivity contribution in [2.24, 2.45) is 5.73 Å². The molecule has 2 aromatic heterocycles. The molecule has 6 heteroatoms. The molecule has 0 unspecified atom stereocenters. The molecular weight excluding hydrogens is 302 g/mol.